The second kappa shape index (κ2) is 7.36. The van der Waals surface area contributed by atoms with Crippen LogP contribution in [-0.2, 0) is 6.42 Å². The van der Waals surface area contributed by atoms with Crippen LogP contribution in [0.2, 0.25) is 0 Å². The highest BCUT2D eigenvalue weighted by Gasteiger charge is 2.12. The Morgan fingerprint density at radius 3 is 2.55 bits per heavy atom. The van der Waals surface area contributed by atoms with Crippen LogP contribution in [0.25, 0.3) is 0 Å². The lowest BCUT2D eigenvalue weighted by atomic mass is 10.0. The molecule has 2 aromatic rings. The summed E-state index contributed by atoms with van der Waals surface area (Å²) in [4.78, 5) is 1.01. The monoisotopic (exact) mass is 288 g/mol. The van der Waals surface area contributed by atoms with Crippen LogP contribution in [0.1, 0.15) is 30.1 Å². The largest absolute Gasteiger partial charge is 0.496 e. The highest BCUT2D eigenvalue weighted by atomic mass is 32.1. The van der Waals surface area contributed by atoms with Gasteiger partial charge in [-0.3, -0.25) is 0 Å². The van der Waals surface area contributed by atoms with E-state index in [1.807, 2.05) is 42.5 Å². The molecule has 0 heterocycles. The summed E-state index contributed by atoms with van der Waals surface area (Å²) in [7, 11) is 1.63. The van der Waals surface area contributed by atoms with Crippen molar-refractivity contribution in [3.63, 3.8) is 0 Å². The van der Waals surface area contributed by atoms with Crippen molar-refractivity contribution in [1.82, 2.24) is 0 Å². The van der Waals surface area contributed by atoms with Crippen LogP contribution in [0.3, 0.4) is 0 Å². The second-order valence-electron chi connectivity index (χ2n) is 4.78. The Bertz CT molecular complexity index is 554. The Morgan fingerprint density at radius 2 is 1.80 bits per heavy atom. The van der Waals surface area contributed by atoms with Gasteiger partial charge in [0.25, 0.3) is 0 Å². The summed E-state index contributed by atoms with van der Waals surface area (Å²) in [5, 5.41) is 10.3. The Morgan fingerprint density at radius 1 is 1.10 bits per heavy atom. The molecule has 0 aliphatic heterocycles. The zero-order valence-electron chi connectivity index (χ0n) is 11.6. The zero-order chi connectivity index (χ0) is 14.4. The summed E-state index contributed by atoms with van der Waals surface area (Å²) in [5.41, 5.74) is 2.08. The van der Waals surface area contributed by atoms with E-state index in [1.54, 1.807) is 7.11 Å². The van der Waals surface area contributed by atoms with Gasteiger partial charge in [0, 0.05) is 10.5 Å². The predicted molar refractivity (Wildman–Crippen MR) is 84.6 cm³/mol. The number of hydrogen-bond donors (Lipinski definition) is 2. The maximum absolute atomic E-state index is 10.3. The molecule has 2 rings (SSSR count). The van der Waals surface area contributed by atoms with E-state index in [9.17, 15) is 5.11 Å². The van der Waals surface area contributed by atoms with Gasteiger partial charge in [0.2, 0.25) is 0 Å². The number of para-hydroxylation sites is 1. The van der Waals surface area contributed by atoms with Crippen LogP contribution < -0.4 is 4.74 Å². The quantitative estimate of drug-likeness (QED) is 0.786. The van der Waals surface area contributed by atoms with E-state index in [0.717, 1.165) is 29.1 Å². The van der Waals surface area contributed by atoms with Gasteiger partial charge in [0.15, 0.2) is 0 Å². The molecule has 0 amide bonds. The maximum atomic E-state index is 10.3. The third kappa shape index (κ3) is 3.78. The van der Waals surface area contributed by atoms with Gasteiger partial charge in [-0.15, -0.1) is 12.6 Å². The number of benzene rings is 2. The normalized spacial score (nSPS) is 12.2. The minimum Gasteiger partial charge on any atom is -0.496 e. The van der Waals surface area contributed by atoms with E-state index in [1.165, 1.54) is 5.56 Å². The van der Waals surface area contributed by atoms with Crippen molar-refractivity contribution in [2.75, 3.05) is 7.11 Å². The van der Waals surface area contributed by atoms with E-state index in [-0.39, 0.29) is 0 Å². The molecule has 1 atom stereocenters. The summed E-state index contributed by atoms with van der Waals surface area (Å²) in [5.74, 6) is 0.745. The van der Waals surface area contributed by atoms with Crippen LogP contribution in [0.5, 0.6) is 5.75 Å². The van der Waals surface area contributed by atoms with E-state index < -0.39 is 6.10 Å². The molecule has 0 spiro atoms. The molecule has 2 nitrogen and oxygen atoms in total. The molecule has 0 saturated heterocycles. The summed E-state index contributed by atoms with van der Waals surface area (Å²) in [6.07, 6.45) is 2.06. The molecule has 0 aliphatic carbocycles. The number of aliphatic hydroxyl groups is 1. The number of aliphatic hydroxyl groups excluding tert-OH is 1. The van der Waals surface area contributed by atoms with E-state index in [4.69, 9.17) is 4.74 Å². The smallest absolute Gasteiger partial charge is 0.124 e. The topological polar surface area (TPSA) is 29.5 Å². The predicted octanol–water partition coefficient (Wildman–Crippen LogP) is 4.04. The van der Waals surface area contributed by atoms with Gasteiger partial charge < -0.3 is 9.84 Å². The van der Waals surface area contributed by atoms with Crippen molar-refractivity contribution >= 4 is 12.6 Å². The molecule has 1 unspecified atom stereocenters. The van der Waals surface area contributed by atoms with Crippen LogP contribution in [-0.4, -0.2) is 12.2 Å². The first-order valence-electron chi connectivity index (χ1n) is 6.80. The highest BCUT2D eigenvalue weighted by molar-refractivity contribution is 7.80. The number of methoxy groups -OCH3 is 1. The van der Waals surface area contributed by atoms with Crippen molar-refractivity contribution in [3.05, 3.63) is 59.7 Å². The third-order valence-electron chi connectivity index (χ3n) is 3.41. The Kier molecular flexibility index (Phi) is 5.50. The summed E-state index contributed by atoms with van der Waals surface area (Å²) < 4.78 is 5.28. The first-order chi connectivity index (χ1) is 9.72. The van der Waals surface area contributed by atoms with Gasteiger partial charge in [-0.05, 0) is 37.0 Å². The van der Waals surface area contributed by atoms with Crippen LogP contribution >= 0.6 is 12.6 Å². The van der Waals surface area contributed by atoms with E-state index in [2.05, 4.69) is 18.7 Å². The molecule has 1 N–H and O–H groups in total. The maximum Gasteiger partial charge on any atom is 0.124 e. The van der Waals surface area contributed by atoms with Gasteiger partial charge in [0.1, 0.15) is 5.75 Å². The average Bonchev–Trinajstić information content (AvgIpc) is 2.49. The van der Waals surface area contributed by atoms with Crippen molar-refractivity contribution in [3.8, 4) is 5.75 Å². The van der Waals surface area contributed by atoms with Gasteiger partial charge >= 0.3 is 0 Å². The van der Waals surface area contributed by atoms with Crippen molar-refractivity contribution < 1.29 is 9.84 Å². The average molecular weight is 288 g/mol. The second-order valence-corrected chi connectivity index (χ2v) is 5.26. The Hall–Kier alpha value is -1.45. The SMILES string of the molecule is COc1ccccc1C(O)CCCc1ccccc1S. The molecule has 0 radical (unpaired) electrons. The minimum absolute atomic E-state index is 0.488. The number of ether oxygens (including phenoxy) is 1. The molecule has 2 aromatic carbocycles. The summed E-state index contributed by atoms with van der Waals surface area (Å²) >= 11 is 4.44. The fourth-order valence-corrected chi connectivity index (χ4v) is 2.58. The standard InChI is InChI=1S/C17H20O2S/c1-19-16-11-4-3-9-14(16)15(18)10-6-8-13-7-2-5-12-17(13)20/h2-5,7,9,11-12,15,18,20H,6,8,10H2,1H3. The molecule has 3 heteroatoms. The highest BCUT2D eigenvalue weighted by Crippen LogP contribution is 2.28. The number of rotatable bonds is 6. The molecule has 0 bridgehead atoms. The van der Waals surface area contributed by atoms with Crippen LogP contribution in [0.15, 0.2) is 53.4 Å². The molecular formula is C17H20O2S. The van der Waals surface area contributed by atoms with Crippen molar-refractivity contribution in [1.29, 1.82) is 0 Å². The molecule has 0 saturated carbocycles. The lowest BCUT2D eigenvalue weighted by Gasteiger charge is -2.14. The van der Waals surface area contributed by atoms with Crippen LogP contribution in [0.4, 0.5) is 0 Å². The molecule has 0 aromatic heterocycles. The lowest BCUT2D eigenvalue weighted by Crippen LogP contribution is -2.01. The van der Waals surface area contributed by atoms with Gasteiger partial charge in [0.05, 0.1) is 13.2 Å². The summed E-state index contributed by atoms with van der Waals surface area (Å²) in [6, 6.07) is 15.7. The third-order valence-corrected chi connectivity index (χ3v) is 3.85. The van der Waals surface area contributed by atoms with Gasteiger partial charge in [-0.1, -0.05) is 36.4 Å². The van der Waals surface area contributed by atoms with Crippen molar-refractivity contribution in [2.24, 2.45) is 0 Å². The van der Waals surface area contributed by atoms with Crippen molar-refractivity contribution in [2.45, 2.75) is 30.3 Å². The Balaban J connectivity index is 1.92. The molecule has 0 aliphatic rings. The summed E-state index contributed by atoms with van der Waals surface area (Å²) in [6.45, 7) is 0. The van der Waals surface area contributed by atoms with Gasteiger partial charge in [-0.25, -0.2) is 0 Å². The van der Waals surface area contributed by atoms with Gasteiger partial charge in [-0.2, -0.15) is 0 Å². The fraction of sp³-hybridized carbons (Fsp3) is 0.294. The molecule has 20 heavy (non-hydrogen) atoms. The first kappa shape index (κ1) is 14.9. The van der Waals surface area contributed by atoms with E-state index in [0.29, 0.717) is 6.42 Å². The van der Waals surface area contributed by atoms with E-state index >= 15 is 0 Å². The molecule has 0 fully saturated rings. The fourth-order valence-electron chi connectivity index (χ4n) is 2.31. The first-order valence-corrected chi connectivity index (χ1v) is 7.25. The number of aryl methyl sites for hydroxylation is 1. The Labute approximate surface area is 125 Å². The molecular weight excluding hydrogens is 268 g/mol. The number of thiol groups is 1. The number of hydrogen-bond acceptors (Lipinski definition) is 3. The van der Waals surface area contributed by atoms with Crippen LogP contribution in [0, 0.1) is 0 Å². The minimum atomic E-state index is -0.488. The zero-order valence-corrected chi connectivity index (χ0v) is 12.5. The lowest BCUT2D eigenvalue weighted by molar-refractivity contribution is 0.160. The molecule has 106 valence electrons.